The van der Waals surface area contributed by atoms with Gasteiger partial charge < -0.3 is 15.4 Å². The third kappa shape index (κ3) is 6.77. The van der Waals surface area contributed by atoms with Crippen molar-refractivity contribution in [2.45, 2.75) is 0 Å². The van der Waals surface area contributed by atoms with Crippen LogP contribution in [0.5, 0.6) is 0 Å². The Morgan fingerprint density at radius 3 is 1.77 bits per heavy atom. The van der Waals surface area contributed by atoms with Gasteiger partial charge in [0.15, 0.2) is 0 Å². The molecule has 0 spiro atoms. The van der Waals surface area contributed by atoms with Crippen LogP contribution in [0.15, 0.2) is 25.6 Å². The molecule has 0 aromatic heterocycles. The molecule has 0 aromatic rings. The molecular weight excluding hydrogens is 172 g/mol. The Bertz CT molecular complexity index is 191. The number of carbonyl (C=O) groups is 2. The van der Waals surface area contributed by atoms with Crippen molar-refractivity contribution in [3.63, 3.8) is 0 Å². The van der Waals surface area contributed by atoms with E-state index < -0.39 is 0 Å². The standard InChI is InChI=1S/C8H12N2O3/c1-3-9-7(11)5-13-6-8(12)10-4-2/h3-4H,1-2,5-6H2,(H,9,11)(H,10,12). The molecule has 2 amide bonds. The van der Waals surface area contributed by atoms with Gasteiger partial charge in [-0.3, -0.25) is 9.59 Å². The molecule has 0 aliphatic heterocycles. The van der Waals surface area contributed by atoms with Gasteiger partial charge in [0.05, 0.1) is 0 Å². The lowest BCUT2D eigenvalue weighted by molar-refractivity contribution is -0.129. The van der Waals surface area contributed by atoms with E-state index in [4.69, 9.17) is 4.74 Å². The van der Waals surface area contributed by atoms with E-state index in [1.54, 1.807) is 0 Å². The topological polar surface area (TPSA) is 67.4 Å². The van der Waals surface area contributed by atoms with Crippen molar-refractivity contribution >= 4 is 11.8 Å². The van der Waals surface area contributed by atoms with Gasteiger partial charge in [-0.1, -0.05) is 13.2 Å². The molecule has 0 aliphatic carbocycles. The molecule has 0 unspecified atom stereocenters. The quantitative estimate of drug-likeness (QED) is 0.586. The van der Waals surface area contributed by atoms with E-state index in [1.165, 1.54) is 12.4 Å². The number of hydrogen-bond acceptors (Lipinski definition) is 3. The molecule has 5 nitrogen and oxygen atoms in total. The zero-order valence-electron chi connectivity index (χ0n) is 7.21. The van der Waals surface area contributed by atoms with Gasteiger partial charge in [-0.25, -0.2) is 0 Å². The van der Waals surface area contributed by atoms with E-state index in [9.17, 15) is 9.59 Å². The summed E-state index contributed by atoms with van der Waals surface area (Å²) in [5.41, 5.74) is 0. The van der Waals surface area contributed by atoms with Gasteiger partial charge in [0, 0.05) is 0 Å². The van der Waals surface area contributed by atoms with Crippen molar-refractivity contribution < 1.29 is 14.3 Å². The minimum Gasteiger partial charge on any atom is -0.362 e. The first-order valence-electron chi connectivity index (χ1n) is 3.59. The maximum absolute atomic E-state index is 10.7. The van der Waals surface area contributed by atoms with Gasteiger partial charge in [0.2, 0.25) is 11.8 Å². The Morgan fingerprint density at radius 2 is 1.46 bits per heavy atom. The average molecular weight is 184 g/mol. The monoisotopic (exact) mass is 184 g/mol. The Morgan fingerprint density at radius 1 is 1.08 bits per heavy atom. The van der Waals surface area contributed by atoms with E-state index in [2.05, 4.69) is 23.8 Å². The predicted octanol–water partition coefficient (Wildman–Crippen LogP) is -0.478. The largest absolute Gasteiger partial charge is 0.362 e. The van der Waals surface area contributed by atoms with Crippen molar-refractivity contribution in [3.8, 4) is 0 Å². The molecule has 0 aromatic carbocycles. The summed E-state index contributed by atoms with van der Waals surface area (Å²) in [5, 5.41) is 4.60. The second-order valence-electron chi connectivity index (χ2n) is 2.04. The van der Waals surface area contributed by atoms with Crippen molar-refractivity contribution in [3.05, 3.63) is 25.6 Å². The van der Waals surface area contributed by atoms with Crippen LogP contribution < -0.4 is 10.6 Å². The number of amides is 2. The number of ether oxygens (including phenoxy) is 1. The Balaban J connectivity index is 3.43. The van der Waals surface area contributed by atoms with Gasteiger partial charge in [0.1, 0.15) is 13.2 Å². The molecule has 0 aliphatic rings. The second-order valence-corrected chi connectivity index (χ2v) is 2.04. The molecule has 0 fully saturated rings. The lowest BCUT2D eigenvalue weighted by Gasteiger charge is -2.01. The Hall–Kier alpha value is -1.62. The number of rotatable bonds is 6. The van der Waals surface area contributed by atoms with Gasteiger partial charge in [-0.15, -0.1) is 0 Å². The molecule has 0 atom stereocenters. The van der Waals surface area contributed by atoms with E-state index in [1.807, 2.05) is 0 Å². The van der Waals surface area contributed by atoms with Crippen LogP contribution in [0.1, 0.15) is 0 Å². The van der Waals surface area contributed by atoms with Crippen LogP contribution in [0.25, 0.3) is 0 Å². The third-order valence-electron chi connectivity index (χ3n) is 0.992. The molecule has 0 saturated heterocycles. The first-order valence-corrected chi connectivity index (χ1v) is 3.59. The number of carbonyl (C=O) groups excluding carboxylic acids is 2. The summed E-state index contributed by atoms with van der Waals surface area (Å²) < 4.78 is 4.74. The molecule has 0 saturated carbocycles. The summed E-state index contributed by atoms with van der Waals surface area (Å²) in [5.74, 6) is -0.692. The van der Waals surface area contributed by atoms with Crippen LogP contribution in [-0.4, -0.2) is 25.0 Å². The summed E-state index contributed by atoms with van der Waals surface area (Å²) in [7, 11) is 0. The van der Waals surface area contributed by atoms with Crippen LogP contribution in [0.2, 0.25) is 0 Å². The summed E-state index contributed by atoms with van der Waals surface area (Å²) in [6.45, 7) is 6.25. The maximum Gasteiger partial charge on any atom is 0.249 e. The fraction of sp³-hybridized carbons (Fsp3) is 0.250. The smallest absolute Gasteiger partial charge is 0.249 e. The molecule has 72 valence electrons. The predicted molar refractivity (Wildman–Crippen MR) is 47.5 cm³/mol. The van der Waals surface area contributed by atoms with E-state index in [0.717, 1.165) is 0 Å². The Kier molecular flexibility index (Phi) is 6.17. The highest BCUT2D eigenvalue weighted by atomic mass is 16.5. The summed E-state index contributed by atoms with van der Waals surface area (Å²) >= 11 is 0. The van der Waals surface area contributed by atoms with Gasteiger partial charge in [-0.05, 0) is 12.4 Å². The van der Waals surface area contributed by atoms with Gasteiger partial charge in [0.25, 0.3) is 0 Å². The minimum atomic E-state index is -0.346. The first kappa shape index (κ1) is 11.4. The molecular formula is C8H12N2O3. The van der Waals surface area contributed by atoms with Crippen LogP contribution in [0.4, 0.5) is 0 Å². The number of nitrogens with one attached hydrogen (secondary N) is 2. The fourth-order valence-corrected chi connectivity index (χ4v) is 0.547. The number of hydrogen-bond donors (Lipinski definition) is 2. The summed E-state index contributed by atoms with van der Waals surface area (Å²) in [6.07, 6.45) is 2.49. The highest BCUT2D eigenvalue weighted by Gasteiger charge is 2.01. The van der Waals surface area contributed by atoms with Gasteiger partial charge in [-0.2, -0.15) is 0 Å². The Labute approximate surface area is 76.5 Å². The molecule has 13 heavy (non-hydrogen) atoms. The van der Waals surface area contributed by atoms with E-state index in [-0.39, 0.29) is 25.0 Å². The summed E-state index contributed by atoms with van der Waals surface area (Å²) in [6, 6.07) is 0. The SMILES string of the molecule is C=CNC(=O)COCC(=O)NC=C. The lowest BCUT2D eigenvalue weighted by Crippen LogP contribution is -2.27. The first-order chi connectivity index (χ1) is 6.20. The van der Waals surface area contributed by atoms with Crippen molar-refractivity contribution in [1.82, 2.24) is 10.6 Å². The molecule has 0 heterocycles. The zero-order chi connectivity index (χ0) is 10.1. The zero-order valence-corrected chi connectivity index (χ0v) is 7.21. The highest BCUT2D eigenvalue weighted by molar-refractivity contribution is 5.80. The van der Waals surface area contributed by atoms with Crippen LogP contribution in [0.3, 0.4) is 0 Å². The van der Waals surface area contributed by atoms with Crippen LogP contribution in [0, 0.1) is 0 Å². The second kappa shape index (κ2) is 7.05. The lowest BCUT2D eigenvalue weighted by atomic mass is 10.6. The van der Waals surface area contributed by atoms with E-state index >= 15 is 0 Å². The minimum absolute atomic E-state index is 0.170. The average Bonchev–Trinajstić information content (AvgIpc) is 2.05. The molecule has 0 radical (unpaired) electrons. The normalized spacial score (nSPS) is 8.62. The molecule has 2 N–H and O–H groups in total. The van der Waals surface area contributed by atoms with Gasteiger partial charge >= 0.3 is 0 Å². The fourth-order valence-electron chi connectivity index (χ4n) is 0.547. The van der Waals surface area contributed by atoms with E-state index in [0.29, 0.717) is 0 Å². The highest BCUT2D eigenvalue weighted by Crippen LogP contribution is 1.76. The maximum atomic E-state index is 10.7. The van der Waals surface area contributed by atoms with Crippen molar-refractivity contribution in [2.24, 2.45) is 0 Å². The third-order valence-corrected chi connectivity index (χ3v) is 0.992. The van der Waals surface area contributed by atoms with Crippen LogP contribution in [-0.2, 0) is 14.3 Å². The summed E-state index contributed by atoms with van der Waals surface area (Å²) in [4.78, 5) is 21.4. The molecule has 5 heteroatoms. The van der Waals surface area contributed by atoms with Crippen LogP contribution >= 0.6 is 0 Å². The molecule has 0 rings (SSSR count). The molecule has 0 bridgehead atoms. The van der Waals surface area contributed by atoms with Crippen molar-refractivity contribution in [1.29, 1.82) is 0 Å². The van der Waals surface area contributed by atoms with Crippen molar-refractivity contribution in [2.75, 3.05) is 13.2 Å².